The van der Waals surface area contributed by atoms with Crippen molar-refractivity contribution < 1.29 is 4.74 Å². The molecule has 3 heteroatoms. The van der Waals surface area contributed by atoms with Gasteiger partial charge in [0.15, 0.2) is 0 Å². The van der Waals surface area contributed by atoms with Gasteiger partial charge in [-0.05, 0) is 45.4 Å². The van der Waals surface area contributed by atoms with Gasteiger partial charge in [-0.2, -0.15) is 0 Å². The number of rotatable bonds is 5. The van der Waals surface area contributed by atoms with Gasteiger partial charge in [0.05, 0.1) is 17.0 Å². The molecule has 0 aliphatic rings. The molecular weight excluding hydrogens is 200 g/mol. The lowest BCUT2D eigenvalue weighted by Gasteiger charge is -2.26. The van der Waals surface area contributed by atoms with E-state index in [0.717, 1.165) is 24.5 Å². The standard InChI is InChI=1S/C13H22N2O/c1-5-16-13(3,4)9-15-12-8-10(2)6-7-11(12)14/h6-8,15H,5,9,14H2,1-4H3. The molecule has 0 heterocycles. The summed E-state index contributed by atoms with van der Waals surface area (Å²) in [6.07, 6.45) is 0. The zero-order valence-electron chi connectivity index (χ0n) is 10.6. The van der Waals surface area contributed by atoms with Crippen molar-refractivity contribution in [3.05, 3.63) is 23.8 Å². The van der Waals surface area contributed by atoms with Gasteiger partial charge in [-0.25, -0.2) is 0 Å². The Bertz CT molecular complexity index is 348. The van der Waals surface area contributed by atoms with Crippen LogP contribution < -0.4 is 11.1 Å². The van der Waals surface area contributed by atoms with Crippen molar-refractivity contribution in [2.75, 3.05) is 24.2 Å². The van der Waals surface area contributed by atoms with Gasteiger partial charge in [0, 0.05) is 13.2 Å². The highest BCUT2D eigenvalue weighted by atomic mass is 16.5. The molecule has 0 spiro atoms. The molecule has 3 nitrogen and oxygen atoms in total. The van der Waals surface area contributed by atoms with E-state index in [1.807, 2.05) is 19.1 Å². The van der Waals surface area contributed by atoms with Crippen LogP contribution in [0.25, 0.3) is 0 Å². The van der Waals surface area contributed by atoms with Crippen LogP contribution in [-0.2, 0) is 4.74 Å². The number of nitrogens with two attached hydrogens (primary N) is 1. The molecule has 0 aromatic heterocycles. The summed E-state index contributed by atoms with van der Waals surface area (Å²) in [5.41, 5.74) is 8.67. The summed E-state index contributed by atoms with van der Waals surface area (Å²) < 4.78 is 5.62. The summed E-state index contributed by atoms with van der Waals surface area (Å²) in [4.78, 5) is 0. The molecule has 90 valence electrons. The summed E-state index contributed by atoms with van der Waals surface area (Å²) >= 11 is 0. The van der Waals surface area contributed by atoms with Gasteiger partial charge in [0.1, 0.15) is 0 Å². The molecule has 1 aromatic rings. The molecule has 0 fully saturated rings. The van der Waals surface area contributed by atoms with E-state index < -0.39 is 0 Å². The van der Waals surface area contributed by atoms with E-state index >= 15 is 0 Å². The predicted octanol–water partition coefficient (Wildman–Crippen LogP) is 2.80. The van der Waals surface area contributed by atoms with Gasteiger partial charge in [-0.15, -0.1) is 0 Å². The fourth-order valence-corrected chi connectivity index (χ4v) is 1.57. The Kier molecular flexibility index (Phi) is 4.19. The van der Waals surface area contributed by atoms with E-state index in [9.17, 15) is 0 Å². The highest BCUT2D eigenvalue weighted by Gasteiger charge is 2.17. The quantitative estimate of drug-likeness (QED) is 0.753. The Morgan fingerprint density at radius 1 is 1.38 bits per heavy atom. The molecular formula is C13H22N2O. The Hall–Kier alpha value is -1.22. The zero-order chi connectivity index (χ0) is 12.2. The van der Waals surface area contributed by atoms with Crippen molar-refractivity contribution >= 4 is 11.4 Å². The maximum atomic E-state index is 5.89. The van der Waals surface area contributed by atoms with Crippen molar-refractivity contribution in [2.24, 2.45) is 0 Å². The number of nitrogens with one attached hydrogen (secondary N) is 1. The summed E-state index contributed by atoms with van der Waals surface area (Å²) in [6, 6.07) is 5.98. The smallest absolute Gasteiger partial charge is 0.0797 e. The number of nitrogen functional groups attached to an aromatic ring is 1. The molecule has 0 aliphatic carbocycles. The third-order valence-electron chi connectivity index (χ3n) is 2.45. The van der Waals surface area contributed by atoms with E-state index in [1.54, 1.807) is 0 Å². The van der Waals surface area contributed by atoms with Gasteiger partial charge in [0.25, 0.3) is 0 Å². The zero-order valence-corrected chi connectivity index (χ0v) is 10.6. The average molecular weight is 222 g/mol. The first kappa shape index (κ1) is 12.8. The van der Waals surface area contributed by atoms with Crippen molar-refractivity contribution in [3.63, 3.8) is 0 Å². The minimum absolute atomic E-state index is 0.176. The van der Waals surface area contributed by atoms with E-state index in [4.69, 9.17) is 10.5 Å². The molecule has 0 unspecified atom stereocenters. The average Bonchev–Trinajstić information content (AvgIpc) is 2.19. The van der Waals surface area contributed by atoms with Crippen LogP contribution in [0.2, 0.25) is 0 Å². The highest BCUT2D eigenvalue weighted by Crippen LogP contribution is 2.21. The molecule has 0 atom stereocenters. The molecule has 0 amide bonds. The third kappa shape index (κ3) is 3.74. The van der Waals surface area contributed by atoms with Crippen molar-refractivity contribution in [1.82, 2.24) is 0 Å². The Morgan fingerprint density at radius 2 is 2.06 bits per heavy atom. The highest BCUT2D eigenvalue weighted by molar-refractivity contribution is 5.67. The number of anilines is 2. The SMILES string of the molecule is CCOC(C)(C)CNc1cc(C)ccc1N. The number of aryl methyl sites for hydroxylation is 1. The van der Waals surface area contributed by atoms with Crippen molar-refractivity contribution in [1.29, 1.82) is 0 Å². The minimum atomic E-state index is -0.176. The van der Waals surface area contributed by atoms with Gasteiger partial charge in [0.2, 0.25) is 0 Å². The fraction of sp³-hybridized carbons (Fsp3) is 0.538. The number of hydrogen-bond acceptors (Lipinski definition) is 3. The molecule has 0 saturated heterocycles. The van der Waals surface area contributed by atoms with Crippen molar-refractivity contribution in [3.8, 4) is 0 Å². The minimum Gasteiger partial charge on any atom is -0.397 e. The lowest BCUT2D eigenvalue weighted by molar-refractivity contribution is 0.000709. The van der Waals surface area contributed by atoms with Gasteiger partial charge < -0.3 is 15.8 Å². The van der Waals surface area contributed by atoms with Crippen LogP contribution in [0, 0.1) is 6.92 Å². The normalized spacial score (nSPS) is 11.5. The first-order chi connectivity index (χ1) is 7.44. The number of benzene rings is 1. The second-order valence-electron chi connectivity index (χ2n) is 4.64. The van der Waals surface area contributed by atoms with Crippen LogP contribution in [0.4, 0.5) is 11.4 Å². The Labute approximate surface area is 98.0 Å². The Morgan fingerprint density at radius 3 is 2.69 bits per heavy atom. The van der Waals surface area contributed by atoms with Crippen LogP contribution in [0.5, 0.6) is 0 Å². The maximum Gasteiger partial charge on any atom is 0.0797 e. The summed E-state index contributed by atoms with van der Waals surface area (Å²) in [5.74, 6) is 0. The lowest BCUT2D eigenvalue weighted by Crippen LogP contribution is -2.33. The van der Waals surface area contributed by atoms with Crippen LogP contribution >= 0.6 is 0 Å². The second kappa shape index (κ2) is 5.21. The first-order valence-corrected chi connectivity index (χ1v) is 5.68. The molecule has 16 heavy (non-hydrogen) atoms. The Balaban J connectivity index is 2.63. The van der Waals surface area contributed by atoms with Gasteiger partial charge >= 0.3 is 0 Å². The number of hydrogen-bond donors (Lipinski definition) is 2. The maximum absolute atomic E-state index is 5.89. The molecule has 3 N–H and O–H groups in total. The van der Waals surface area contributed by atoms with Gasteiger partial charge in [-0.3, -0.25) is 0 Å². The topological polar surface area (TPSA) is 47.3 Å². The van der Waals surface area contributed by atoms with Crippen LogP contribution in [0.1, 0.15) is 26.3 Å². The van der Waals surface area contributed by atoms with Crippen LogP contribution in [-0.4, -0.2) is 18.8 Å². The molecule has 0 radical (unpaired) electrons. The monoisotopic (exact) mass is 222 g/mol. The summed E-state index contributed by atoms with van der Waals surface area (Å²) in [7, 11) is 0. The number of ether oxygens (including phenoxy) is 1. The lowest BCUT2D eigenvalue weighted by atomic mass is 10.1. The second-order valence-corrected chi connectivity index (χ2v) is 4.64. The van der Waals surface area contributed by atoms with E-state index in [-0.39, 0.29) is 5.60 Å². The largest absolute Gasteiger partial charge is 0.397 e. The molecule has 1 rings (SSSR count). The first-order valence-electron chi connectivity index (χ1n) is 5.68. The molecule has 0 bridgehead atoms. The molecule has 0 aliphatic heterocycles. The van der Waals surface area contributed by atoms with E-state index in [0.29, 0.717) is 0 Å². The third-order valence-corrected chi connectivity index (χ3v) is 2.45. The van der Waals surface area contributed by atoms with Crippen LogP contribution in [0.3, 0.4) is 0 Å². The molecule has 1 aromatic carbocycles. The predicted molar refractivity (Wildman–Crippen MR) is 69.8 cm³/mol. The van der Waals surface area contributed by atoms with Crippen LogP contribution in [0.15, 0.2) is 18.2 Å². The fourth-order valence-electron chi connectivity index (χ4n) is 1.57. The van der Waals surface area contributed by atoms with E-state index in [1.165, 1.54) is 5.56 Å². The molecule has 0 saturated carbocycles. The van der Waals surface area contributed by atoms with Crippen molar-refractivity contribution in [2.45, 2.75) is 33.3 Å². The van der Waals surface area contributed by atoms with E-state index in [2.05, 4.69) is 32.2 Å². The summed E-state index contributed by atoms with van der Waals surface area (Å²) in [6.45, 7) is 9.65. The summed E-state index contributed by atoms with van der Waals surface area (Å²) in [5, 5.41) is 3.33. The van der Waals surface area contributed by atoms with Gasteiger partial charge in [-0.1, -0.05) is 6.07 Å².